The Morgan fingerprint density at radius 3 is 2.13 bits per heavy atom. The molecule has 7 aromatic carbocycles. The minimum atomic E-state index is 0.625. The molecule has 3 heterocycles. The molecule has 61 heavy (non-hydrogen) atoms. The van der Waals surface area contributed by atoms with E-state index in [0.29, 0.717) is 11.8 Å². The Kier molecular flexibility index (Phi) is 8.63. The number of benzene rings is 7. The fraction of sp³-hybridized carbons (Fsp3) is 0.0727. The van der Waals surface area contributed by atoms with Gasteiger partial charge in [0.15, 0.2) is 11.6 Å². The molecule has 0 radical (unpaired) electrons. The van der Waals surface area contributed by atoms with Gasteiger partial charge in [-0.3, -0.25) is 4.57 Å². The largest absolute Gasteiger partial charge is 0.308 e. The van der Waals surface area contributed by atoms with Gasteiger partial charge >= 0.3 is 0 Å². The van der Waals surface area contributed by atoms with E-state index in [9.17, 15) is 0 Å². The topological polar surface area (TPSA) is 46.8 Å². The van der Waals surface area contributed by atoms with Crippen LogP contribution in [0.1, 0.15) is 42.9 Å². The molecule has 6 heteroatoms. The van der Waals surface area contributed by atoms with Gasteiger partial charge in [-0.05, 0) is 113 Å². The van der Waals surface area contributed by atoms with Crippen molar-refractivity contribution in [2.24, 2.45) is 0 Å². The van der Waals surface area contributed by atoms with Crippen molar-refractivity contribution in [3.63, 3.8) is 0 Å². The van der Waals surface area contributed by atoms with Crippen molar-refractivity contribution in [1.82, 2.24) is 19.5 Å². The minimum absolute atomic E-state index is 0.625. The lowest BCUT2D eigenvalue weighted by Gasteiger charge is -2.33. The molecular formula is C55H39N5S. The molecule has 290 valence electrons. The van der Waals surface area contributed by atoms with Crippen LogP contribution in [-0.2, 0) is 0 Å². The first-order chi connectivity index (χ1) is 30.2. The lowest BCUT2D eigenvalue weighted by atomic mass is 9.93. The molecule has 3 aliphatic rings. The van der Waals surface area contributed by atoms with E-state index in [1.165, 1.54) is 59.4 Å². The van der Waals surface area contributed by atoms with Crippen molar-refractivity contribution >= 4 is 78.1 Å². The normalized spacial score (nSPS) is 14.8. The molecule has 0 fully saturated rings. The van der Waals surface area contributed by atoms with Crippen molar-refractivity contribution in [3.05, 3.63) is 205 Å². The molecule has 0 unspecified atom stereocenters. The van der Waals surface area contributed by atoms with Crippen LogP contribution in [0.2, 0.25) is 0 Å². The summed E-state index contributed by atoms with van der Waals surface area (Å²) in [5.41, 5.74) is 12.7. The lowest BCUT2D eigenvalue weighted by Crippen LogP contribution is -2.14. The molecule has 0 atom stereocenters. The molecule has 0 bridgehead atoms. The third kappa shape index (κ3) is 6.13. The zero-order valence-electron chi connectivity index (χ0n) is 33.4. The lowest BCUT2D eigenvalue weighted by molar-refractivity contribution is 0.893. The average Bonchev–Trinajstić information content (AvgIpc) is 3.69. The molecule has 5 nitrogen and oxygen atoms in total. The van der Waals surface area contributed by atoms with Gasteiger partial charge in [-0.15, -0.1) is 0 Å². The summed E-state index contributed by atoms with van der Waals surface area (Å²) in [6.45, 7) is 0. The maximum atomic E-state index is 5.38. The fourth-order valence-corrected chi connectivity index (χ4v) is 10.3. The molecular weight excluding hydrogens is 763 g/mol. The molecule has 0 saturated heterocycles. The number of allylic oxidation sites excluding steroid dienone is 8. The van der Waals surface area contributed by atoms with Crippen LogP contribution in [0.15, 0.2) is 198 Å². The molecule has 2 aromatic heterocycles. The van der Waals surface area contributed by atoms with Crippen LogP contribution in [-0.4, -0.2) is 19.5 Å². The van der Waals surface area contributed by atoms with E-state index in [4.69, 9.17) is 15.0 Å². The highest BCUT2D eigenvalue weighted by Crippen LogP contribution is 2.53. The summed E-state index contributed by atoms with van der Waals surface area (Å²) in [6, 6.07) is 56.9. The van der Waals surface area contributed by atoms with Crippen LogP contribution < -0.4 is 4.90 Å². The number of hydrogen-bond donors (Lipinski definition) is 0. The summed E-state index contributed by atoms with van der Waals surface area (Å²) in [5, 5.41) is 4.76. The Bertz CT molecular complexity index is 3340. The first-order valence-corrected chi connectivity index (χ1v) is 21.9. The van der Waals surface area contributed by atoms with E-state index >= 15 is 0 Å². The van der Waals surface area contributed by atoms with Crippen molar-refractivity contribution < 1.29 is 0 Å². The van der Waals surface area contributed by atoms with E-state index in [1.54, 1.807) is 0 Å². The van der Waals surface area contributed by atoms with Crippen LogP contribution >= 0.6 is 11.8 Å². The molecule has 0 saturated carbocycles. The van der Waals surface area contributed by atoms with Crippen LogP contribution in [0, 0.1) is 0 Å². The number of fused-ring (bicyclic) bond motifs is 7. The average molecular weight is 802 g/mol. The number of para-hydroxylation sites is 2. The Morgan fingerprint density at radius 2 is 1.28 bits per heavy atom. The van der Waals surface area contributed by atoms with Crippen molar-refractivity contribution in [2.75, 3.05) is 4.90 Å². The van der Waals surface area contributed by atoms with E-state index in [1.807, 2.05) is 11.8 Å². The first-order valence-electron chi connectivity index (χ1n) is 21.1. The Hall–Kier alpha value is -7.28. The van der Waals surface area contributed by atoms with E-state index in [0.717, 1.165) is 64.9 Å². The molecule has 12 rings (SSSR count). The quantitative estimate of drug-likeness (QED) is 0.168. The zero-order valence-corrected chi connectivity index (χ0v) is 34.2. The Labute approximate surface area is 358 Å². The highest BCUT2D eigenvalue weighted by atomic mass is 32.2. The first kappa shape index (κ1) is 35.6. The second-order valence-electron chi connectivity index (χ2n) is 15.8. The highest BCUT2D eigenvalue weighted by Gasteiger charge is 2.27. The summed E-state index contributed by atoms with van der Waals surface area (Å²) < 4.78 is 2.28. The number of nitrogens with zero attached hydrogens (tertiary/aromatic N) is 5. The second-order valence-corrected chi connectivity index (χ2v) is 16.9. The standard InChI is InChI=1S/C55H39N5S/c1-4-15-36(16-5-1)37-27-29-40(30-28-37)54-56-53(39-18-6-2-7-19-39)57-55(58-54)60-46-25-14-23-44(52(46)51-43-22-11-10-17-38(43)31-33-47(51)60)41-32-34-50-48(35-41)59(42-20-8-3-9-21-42)45-24-12-13-26-49(45)61-50/h1,3-6,8-27,29,31-35H,2,7,28,30H2. The predicted molar refractivity (Wildman–Crippen MR) is 254 cm³/mol. The maximum Gasteiger partial charge on any atom is 0.238 e. The Morgan fingerprint density at radius 1 is 0.525 bits per heavy atom. The molecule has 0 spiro atoms. The molecule has 1 aliphatic heterocycles. The molecule has 9 aromatic rings. The van der Waals surface area contributed by atoms with Gasteiger partial charge in [0.1, 0.15) is 0 Å². The van der Waals surface area contributed by atoms with E-state index < -0.39 is 0 Å². The van der Waals surface area contributed by atoms with Crippen molar-refractivity contribution in [3.8, 4) is 17.1 Å². The summed E-state index contributed by atoms with van der Waals surface area (Å²) in [7, 11) is 0. The summed E-state index contributed by atoms with van der Waals surface area (Å²) >= 11 is 1.83. The van der Waals surface area contributed by atoms with Gasteiger partial charge in [0.05, 0.1) is 22.4 Å². The number of rotatable bonds is 6. The van der Waals surface area contributed by atoms with E-state index in [2.05, 4.69) is 198 Å². The van der Waals surface area contributed by atoms with Gasteiger partial charge in [-0.2, -0.15) is 9.97 Å². The van der Waals surface area contributed by atoms with Crippen molar-refractivity contribution in [1.29, 1.82) is 0 Å². The maximum absolute atomic E-state index is 5.38. The van der Waals surface area contributed by atoms with E-state index in [-0.39, 0.29) is 0 Å². The summed E-state index contributed by atoms with van der Waals surface area (Å²) in [4.78, 5) is 20.8. The van der Waals surface area contributed by atoms with Gasteiger partial charge in [-0.25, -0.2) is 4.98 Å². The smallest absolute Gasteiger partial charge is 0.238 e. The monoisotopic (exact) mass is 801 g/mol. The van der Waals surface area contributed by atoms with Crippen molar-refractivity contribution in [2.45, 2.75) is 35.5 Å². The number of anilines is 3. The molecule has 0 N–H and O–H groups in total. The van der Waals surface area contributed by atoms with Gasteiger partial charge in [-0.1, -0.05) is 151 Å². The van der Waals surface area contributed by atoms with Gasteiger partial charge in [0.25, 0.3) is 0 Å². The van der Waals surface area contributed by atoms with Crippen LogP contribution in [0.25, 0.3) is 66.4 Å². The zero-order chi connectivity index (χ0) is 40.3. The Balaban J connectivity index is 1.09. The summed E-state index contributed by atoms with van der Waals surface area (Å²) in [5.74, 6) is 2.05. The second kappa shape index (κ2) is 14.8. The summed E-state index contributed by atoms with van der Waals surface area (Å²) in [6.07, 6.45) is 14.9. The van der Waals surface area contributed by atoms with Gasteiger partial charge < -0.3 is 4.90 Å². The molecule has 2 aliphatic carbocycles. The number of aromatic nitrogens is 4. The molecule has 0 amide bonds. The van der Waals surface area contributed by atoms with Gasteiger partial charge in [0, 0.05) is 31.8 Å². The van der Waals surface area contributed by atoms with Crippen LogP contribution in [0.5, 0.6) is 0 Å². The van der Waals surface area contributed by atoms with Crippen LogP contribution in [0.3, 0.4) is 0 Å². The van der Waals surface area contributed by atoms with Gasteiger partial charge in [0.2, 0.25) is 5.95 Å². The third-order valence-electron chi connectivity index (χ3n) is 12.2. The van der Waals surface area contributed by atoms with Crippen LogP contribution in [0.4, 0.5) is 17.1 Å². The highest BCUT2D eigenvalue weighted by molar-refractivity contribution is 7.99. The SMILES string of the molecule is C1=CC(c2nc(C3=CC=C(c4ccccc4)CC3)nc(-n3c4cccc(-c5ccc6c(c5)N(c5ccccc5)c5ccccc5S6)c4c4c5ccccc5ccc43)n2)=CCC1. The third-order valence-corrected chi connectivity index (χ3v) is 13.3. The fourth-order valence-electron chi connectivity index (χ4n) is 9.29. The minimum Gasteiger partial charge on any atom is -0.308 e. The number of hydrogen-bond acceptors (Lipinski definition) is 5. The predicted octanol–water partition coefficient (Wildman–Crippen LogP) is 14.7.